The lowest BCUT2D eigenvalue weighted by molar-refractivity contribution is -0.131. The van der Waals surface area contributed by atoms with Crippen LogP contribution >= 0.6 is 0 Å². The molecule has 1 aliphatic rings. The second-order valence-electron chi connectivity index (χ2n) is 6.45. The summed E-state index contributed by atoms with van der Waals surface area (Å²) in [6.07, 6.45) is 1.01. The molecule has 1 fully saturated rings. The molecule has 1 saturated carbocycles. The second-order valence-corrected chi connectivity index (χ2v) is 6.45. The number of hydrogen-bond donors (Lipinski definition) is 2. The molecule has 2 amide bonds. The maximum absolute atomic E-state index is 12.6. The van der Waals surface area contributed by atoms with Gasteiger partial charge in [-0.05, 0) is 62.1 Å². The Kier molecular flexibility index (Phi) is 4.28. The summed E-state index contributed by atoms with van der Waals surface area (Å²) < 4.78 is 0. The van der Waals surface area contributed by atoms with Crippen molar-refractivity contribution in [1.29, 1.82) is 5.26 Å². The zero-order valence-electron chi connectivity index (χ0n) is 14.2. The van der Waals surface area contributed by atoms with Crippen LogP contribution in [0.3, 0.4) is 0 Å². The normalized spacial score (nSPS) is 14.3. The molecule has 3 rings (SSSR count). The van der Waals surface area contributed by atoms with Crippen molar-refractivity contribution in [3.8, 4) is 6.07 Å². The van der Waals surface area contributed by atoms with Crippen LogP contribution in [0.5, 0.6) is 0 Å². The van der Waals surface area contributed by atoms with E-state index in [1.54, 1.807) is 24.3 Å². The van der Waals surface area contributed by atoms with Crippen LogP contribution in [0.2, 0.25) is 0 Å². The first-order chi connectivity index (χ1) is 12.0. The Morgan fingerprint density at radius 1 is 1.00 bits per heavy atom. The molecular weight excluding hydrogens is 314 g/mol. The van der Waals surface area contributed by atoms with Gasteiger partial charge in [-0.3, -0.25) is 9.59 Å². The van der Waals surface area contributed by atoms with Crippen molar-refractivity contribution in [3.05, 3.63) is 59.2 Å². The van der Waals surface area contributed by atoms with Crippen LogP contribution in [0.25, 0.3) is 0 Å². The van der Waals surface area contributed by atoms with Crippen LogP contribution in [0, 0.1) is 30.6 Å². The van der Waals surface area contributed by atoms with Gasteiger partial charge in [0.2, 0.25) is 11.8 Å². The van der Waals surface area contributed by atoms with Gasteiger partial charge in [0.05, 0.1) is 11.3 Å². The highest BCUT2D eigenvalue weighted by Crippen LogP contribution is 2.47. The lowest BCUT2D eigenvalue weighted by atomic mass is 10.0. The molecule has 2 aromatic rings. The molecule has 0 aliphatic heterocycles. The number of carbonyl (C=O) groups is 2. The van der Waals surface area contributed by atoms with E-state index in [0.717, 1.165) is 11.1 Å². The van der Waals surface area contributed by atoms with E-state index in [2.05, 4.69) is 10.6 Å². The Bertz CT molecular complexity index is 892. The number of nitrogens with one attached hydrogen (secondary N) is 2. The number of aryl methyl sites for hydroxylation is 2. The van der Waals surface area contributed by atoms with Crippen molar-refractivity contribution < 1.29 is 9.59 Å². The topological polar surface area (TPSA) is 82.0 Å². The first-order valence-corrected chi connectivity index (χ1v) is 8.15. The van der Waals surface area contributed by atoms with Crippen LogP contribution < -0.4 is 10.6 Å². The molecule has 0 atom stereocenters. The number of hydrogen-bond acceptors (Lipinski definition) is 3. The third-order valence-electron chi connectivity index (χ3n) is 4.68. The van der Waals surface area contributed by atoms with Crippen LogP contribution in [0.4, 0.5) is 11.4 Å². The maximum Gasteiger partial charge on any atom is 0.240 e. The van der Waals surface area contributed by atoms with Crippen molar-refractivity contribution in [2.75, 3.05) is 10.6 Å². The molecule has 1 aliphatic carbocycles. The quantitative estimate of drug-likeness (QED) is 0.840. The van der Waals surface area contributed by atoms with Gasteiger partial charge in [0.15, 0.2) is 0 Å². The van der Waals surface area contributed by atoms with E-state index in [0.29, 0.717) is 29.8 Å². The zero-order chi connectivity index (χ0) is 18.0. The monoisotopic (exact) mass is 333 g/mol. The highest BCUT2D eigenvalue weighted by molar-refractivity contribution is 6.17. The van der Waals surface area contributed by atoms with E-state index < -0.39 is 5.41 Å². The molecule has 5 nitrogen and oxygen atoms in total. The molecule has 0 saturated heterocycles. The number of benzene rings is 2. The third-order valence-corrected chi connectivity index (χ3v) is 4.68. The summed E-state index contributed by atoms with van der Waals surface area (Å²) in [7, 11) is 0. The summed E-state index contributed by atoms with van der Waals surface area (Å²) in [4.78, 5) is 25.3. The maximum atomic E-state index is 12.6. The lowest BCUT2D eigenvalue weighted by Gasteiger charge is -2.16. The molecule has 0 unspecified atom stereocenters. The average Bonchev–Trinajstić information content (AvgIpc) is 3.40. The van der Waals surface area contributed by atoms with Gasteiger partial charge >= 0.3 is 0 Å². The van der Waals surface area contributed by atoms with Gasteiger partial charge in [0.1, 0.15) is 11.5 Å². The summed E-state index contributed by atoms with van der Waals surface area (Å²) in [5.41, 5.74) is 2.66. The van der Waals surface area contributed by atoms with Crippen molar-refractivity contribution in [2.45, 2.75) is 26.7 Å². The van der Waals surface area contributed by atoms with E-state index >= 15 is 0 Å². The minimum atomic E-state index is -1.05. The number of rotatable bonds is 4. The molecule has 126 valence electrons. The van der Waals surface area contributed by atoms with Crippen LogP contribution in [-0.4, -0.2) is 11.8 Å². The fourth-order valence-electron chi connectivity index (χ4n) is 2.68. The number of amides is 2. The molecular formula is C20H19N3O2. The fraction of sp³-hybridized carbons (Fsp3) is 0.250. The molecule has 0 aromatic heterocycles. The number of para-hydroxylation sites is 1. The summed E-state index contributed by atoms with van der Waals surface area (Å²) in [5, 5.41) is 14.7. The van der Waals surface area contributed by atoms with Gasteiger partial charge in [0, 0.05) is 5.69 Å². The number of carbonyl (C=O) groups excluding carboxylic acids is 2. The molecule has 0 spiro atoms. The molecule has 5 heteroatoms. The number of nitriles is 1. The Labute approximate surface area is 146 Å². The van der Waals surface area contributed by atoms with Crippen LogP contribution in [-0.2, 0) is 9.59 Å². The van der Waals surface area contributed by atoms with Gasteiger partial charge in [-0.2, -0.15) is 5.26 Å². The number of nitrogens with zero attached hydrogens (tertiary/aromatic N) is 1. The smallest absolute Gasteiger partial charge is 0.240 e. The van der Waals surface area contributed by atoms with Crippen molar-refractivity contribution in [2.24, 2.45) is 5.41 Å². The van der Waals surface area contributed by atoms with Gasteiger partial charge in [-0.15, -0.1) is 0 Å². The molecule has 2 aromatic carbocycles. The highest BCUT2D eigenvalue weighted by atomic mass is 16.2. The second kappa shape index (κ2) is 6.40. The standard InChI is InChI=1S/C20H19N3O2/c1-13-7-8-16(11-14(13)2)22-18(24)20(9-10-20)19(25)23-17-6-4-3-5-15(17)12-21/h3-8,11H,9-10H2,1-2H3,(H,22,24)(H,23,25). The minimum Gasteiger partial charge on any atom is -0.325 e. The molecule has 0 heterocycles. The van der Waals surface area contributed by atoms with Crippen molar-refractivity contribution in [3.63, 3.8) is 0 Å². The molecule has 0 bridgehead atoms. The molecule has 0 radical (unpaired) electrons. The molecule has 25 heavy (non-hydrogen) atoms. The Balaban J connectivity index is 1.75. The predicted octanol–water partition coefficient (Wildman–Crippen LogP) is 3.53. The van der Waals surface area contributed by atoms with Crippen molar-refractivity contribution >= 4 is 23.2 Å². The van der Waals surface area contributed by atoms with E-state index in [4.69, 9.17) is 5.26 Å². The Morgan fingerprint density at radius 3 is 2.32 bits per heavy atom. The first-order valence-electron chi connectivity index (χ1n) is 8.15. The average molecular weight is 333 g/mol. The van der Waals surface area contributed by atoms with E-state index in [-0.39, 0.29) is 11.8 Å². The third kappa shape index (κ3) is 3.24. The van der Waals surface area contributed by atoms with Gasteiger partial charge < -0.3 is 10.6 Å². The Hall–Kier alpha value is -3.13. The number of anilines is 2. The summed E-state index contributed by atoms with van der Waals surface area (Å²) in [6, 6.07) is 14.5. The first kappa shape index (κ1) is 16.7. The van der Waals surface area contributed by atoms with E-state index in [9.17, 15) is 9.59 Å². The van der Waals surface area contributed by atoms with Gasteiger partial charge in [-0.1, -0.05) is 18.2 Å². The molecule has 2 N–H and O–H groups in total. The lowest BCUT2D eigenvalue weighted by Crippen LogP contribution is -2.35. The highest BCUT2D eigenvalue weighted by Gasteiger charge is 2.56. The Morgan fingerprint density at radius 2 is 1.68 bits per heavy atom. The SMILES string of the molecule is Cc1ccc(NC(=O)C2(C(=O)Nc3ccccc3C#N)CC2)cc1C. The van der Waals surface area contributed by atoms with Crippen LogP contribution in [0.1, 0.15) is 29.5 Å². The van der Waals surface area contributed by atoms with Crippen LogP contribution in [0.15, 0.2) is 42.5 Å². The minimum absolute atomic E-state index is 0.303. The van der Waals surface area contributed by atoms with E-state index in [1.165, 1.54) is 0 Å². The van der Waals surface area contributed by atoms with Gasteiger partial charge in [0.25, 0.3) is 0 Å². The fourth-order valence-corrected chi connectivity index (χ4v) is 2.68. The summed E-state index contributed by atoms with van der Waals surface area (Å²) in [6.45, 7) is 3.98. The predicted molar refractivity (Wildman–Crippen MR) is 96.0 cm³/mol. The zero-order valence-corrected chi connectivity index (χ0v) is 14.2. The van der Waals surface area contributed by atoms with Crippen molar-refractivity contribution in [1.82, 2.24) is 0 Å². The van der Waals surface area contributed by atoms with E-state index in [1.807, 2.05) is 38.1 Å². The summed E-state index contributed by atoms with van der Waals surface area (Å²) in [5.74, 6) is -0.667. The summed E-state index contributed by atoms with van der Waals surface area (Å²) >= 11 is 0. The largest absolute Gasteiger partial charge is 0.325 e. The van der Waals surface area contributed by atoms with Gasteiger partial charge in [-0.25, -0.2) is 0 Å².